The number of oxime groups is 1. The Hall–Kier alpha value is -4.42. The SMILES string of the molecule is CCOC(=O)CON=C(C)c1ccc(-c2cccc(N3CCN(C(c4ccccc4)c4ccccc4)CC3)c2)cc1. The topological polar surface area (TPSA) is 54.4 Å². The van der Waals surface area contributed by atoms with E-state index in [0.717, 1.165) is 37.3 Å². The molecule has 0 N–H and O–H groups in total. The van der Waals surface area contributed by atoms with Gasteiger partial charge in [0.05, 0.1) is 18.4 Å². The lowest BCUT2D eigenvalue weighted by atomic mass is 9.96. The van der Waals surface area contributed by atoms with Gasteiger partial charge >= 0.3 is 5.97 Å². The van der Waals surface area contributed by atoms with Crippen LogP contribution in [0.5, 0.6) is 0 Å². The average Bonchev–Trinajstić information content (AvgIpc) is 3.03. The van der Waals surface area contributed by atoms with E-state index in [0.29, 0.717) is 12.3 Å². The van der Waals surface area contributed by atoms with Crippen LogP contribution < -0.4 is 4.90 Å². The van der Waals surface area contributed by atoms with Crippen molar-refractivity contribution in [3.63, 3.8) is 0 Å². The normalized spacial score (nSPS) is 14.2. The fourth-order valence-corrected chi connectivity index (χ4v) is 5.35. The fraction of sp³-hybridized carbons (Fsp3) is 0.257. The van der Waals surface area contributed by atoms with E-state index in [1.165, 1.54) is 22.4 Å². The van der Waals surface area contributed by atoms with Crippen LogP contribution >= 0.6 is 0 Å². The van der Waals surface area contributed by atoms with Crippen LogP contribution in [0.3, 0.4) is 0 Å². The van der Waals surface area contributed by atoms with Crippen molar-refractivity contribution >= 4 is 17.4 Å². The van der Waals surface area contributed by atoms with Crippen LogP contribution in [0.1, 0.15) is 36.6 Å². The van der Waals surface area contributed by atoms with Gasteiger partial charge in [-0.25, -0.2) is 4.79 Å². The summed E-state index contributed by atoms with van der Waals surface area (Å²) in [7, 11) is 0. The summed E-state index contributed by atoms with van der Waals surface area (Å²) in [6.07, 6.45) is 0. The van der Waals surface area contributed by atoms with Gasteiger partial charge in [0.1, 0.15) is 0 Å². The largest absolute Gasteiger partial charge is 0.463 e. The van der Waals surface area contributed by atoms with Crippen molar-refractivity contribution < 1.29 is 14.4 Å². The minimum atomic E-state index is -0.423. The molecule has 1 heterocycles. The highest BCUT2D eigenvalue weighted by molar-refractivity contribution is 5.98. The Balaban J connectivity index is 1.24. The number of nitrogens with zero attached hydrogens (tertiary/aromatic N) is 3. The first-order valence-corrected chi connectivity index (χ1v) is 14.2. The highest BCUT2D eigenvalue weighted by atomic mass is 16.7. The van der Waals surface area contributed by atoms with Crippen LogP contribution in [0, 0.1) is 0 Å². The molecule has 4 aromatic rings. The predicted molar refractivity (Wildman–Crippen MR) is 165 cm³/mol. The Morgan fingerprint density at radius 1 is 0.780 bits per heavy atom. The van der Waals surface area contributed by atoms with E-state index in [-0.39, 0.29) is 12.6 Å². The third-order valence-corrected chi connectivity index (χ3v) is 7.45. The number of benzene rings is 4. The van der Waals surface area contributed by atoms with Gasteiger partial charge in [0, 0.05) is 31.9 Å². The van der Waals surface area contributed by atoms with E-state index in [1.807, 2.05) is 19.1 Å². The second kappa shape index (κ2) is 13.8. The molecule has 0 aromatic heterocycles. The molecule has 0 radical (unpaired) electrons. The fourth-order valence-electron chi connectivity index (χ4n) is 5.35. The molecular formula is C35H37N3O3. The van der Waals surface area contributed by atoms with Gasteiger partial charge in [0.25, 0.3) is 0 Å². The maximum absolute atomic E-state index is 11.4. The van der Waals surface area contributed by atoms with E-state index >= 15 is 0 Å². The third kappa shape index (κ3) is 7.21. The van der Waals surface area contributed by atoms with Gasteiger partial charge in [-0.15, -0.1) is 0 Å². The van der Waals surface area contributed by atoms with Crippen LogP contribution in [0.4, 0.5) is 5.69 Å². The van der Waals surface area contributed by atoms with Crippen molar-refractivity contribution in [1.29, 1.82) is 0 Å². The number of anilines is 1. The van der Waals surface area contributed by atoms with Crippen LogP contribution in [-0.2, 0) is 14.4 Å². The summed E-state index contributed by atoms with van der Waals surface area (Å²) in [4.78, 5) is 21.7. The molecule has 1 saturated heterocycles. The number of ether oxygens (including phenoxy) is 1. The molecule has 0 saturated carbocycles. The summed E-state index contributed by atoms with van der Waals surface area (Å²) in [6, 6.07) is 38.9. The predicted octanol–water partition coefficient (Wildman–Crippen LogP) is 6.57. The summed E-state index contributed by atoms with van der Waals surface area (Å²) in [5, 5.41) is 4.06. The van der Waals surface area contributed by atoms with Gasteiger partial charge in [-0.05, 0) is 53.8 Å². The number of hydrogen-bond acceptors (Lipinski definition) is 6. The zero-order valence-electron chi connectivity index (χ0n) is 23.8. The first-order chi connectivity index (χ1) is 20.1. The minimum absolute atomic E-state index is 0.191. The van der Waals surface area contributed by atoms with Gasteiger partial charge in [0.2, 0.25) is 6.61 Å². The van der Waals surface area contributed by atoms with Crippen molar-refractivity contribution in [2.75, 3.05) is 44.3 Å². The van der Waals surface area contributed by atoms with Gasteiger partial charge in [-0.3, -0.25) is 4.90 Å². The number of esters is 1. The zero-order valence-corrected chi connectivity index (χ0v) is 23.8. The molecule has 0 amide bonds. The van der Waals surface area contributed by atoms with Gasteiger partial charge in [-0.2, -0.15) is 0 Å². The molecule has 5 rings (SSSR count). The first kappa shape index (κ1) is 28.1. The highest BCUT2D eigenvalue weighted by Crippen LogP contribution is 2.31. The maximum atomic E-state index is 11.4. The summed E-state index contributed by atoms with van der Waals surface area (Å²) in [5.41, 5.74) is 7.88. The summed E-state index contributed by atoms with van der Waals surface area (Å²) in [6.45, 7) is 7.68. The number of carbonyl (C=O) groups is 1. The smallest absolute Gasteiger partial charge is 0.347 e. The van der Waals surface area contributed by atoms with Crippen molar-refractivity contribution in [3.05, 3.63) is 126 Å². The molecule has 6 nitrogen and oxygen atoms in total. The molecule has 0 aliphatic carbocycles. The van der Waals surface area contributed by atoms with Crippen LogP contribution in [-0.4, -0.2) is 56.0 Å². The molecular weight excluding hydrogens is 510 g/mol. The Morgan fingerprint density at radius 2 is 1.41 bits per heavy atom. The average molecular weight is 548 g/mol. The summed E-state index contributed by atoms with van der Waals surface area (Å²) >= 11 is 0. The molecule has 0 unspecified atom stereocenters. The molecule has 210 valence electrons. The molecule has 4 aromatic carbocycles. The number of carbonyl (C=O) groups excluding carboxylic acids is 1. The van der Waals surface area contributed by atoms with Crippen molar-refractivity contribution in [1.82, 2.24) is 4.90 Å². The Morgan fingerprint density at radius 3 is 2.02 bits per heavy atom. The van der Waals surface area contributed by atoms with Crippen LogP contribution in [0.2, 0.25) is 0 Å². The van der Waals surface area contributed by atoms with Crippen LogP contribution in [0.15, 0.2) is 114 Å². The molecule has 1 fully saturated rings. The van der Waals surface area contributed by atoms with Gasteiger partial charge in [0.15, 0.2) is 0 Å². The molecule has 0 bridgehead atoms. The Kier molecular flexibility index (Phi) is 9.45. The molecule has 1 aliphatic rings. The number of piperazine rings is 1. The number of rotatable bonds is 10. The minimum Gasteiger partial charge on any atom is -0.463 e. The summed E-state index contributed by atoms with van der Waals surface area (Å²) < 4.78 is 4.86. The Bertz CT molecular complexity index is 1390. The number of hydrogen-bond donors (Lipinski definition) is 0. The van der Waals surface area contributed by atoms with E-state index in [9.17, 15) is 4.79 Å². The lowest BCUT2D eigenvalue weighted by molar-refractivity contribution is -0.148. The molecule has 6 heteroatoms. The van der Waals surface area contributed by atoms with Crippen molar-refractivity contribution in [3.8, 4) is 11.1 Å². The van der Waals surface area contributed by atoms with E-state index < -0.39 is 5.97 Å². The van der Waals surface area contributed by atoms with E-state index in [1.54, 1.807) is 6.92 Å². The zero-order chi connectivity index (χ0) is 28.4. The second-order valence-corrected chi connectivity index (χ2v) is 10.1. The molecule has 1 aliphatic heterocycles. The lowest BCUT2D eigenvalue weighted by Gasteiger charge is -2.40. The summed E-state index contributed by atoms with van der Waals surface area (Å²) in [5.74, 6) is -0.423. The van der Waals surface area contributed by atoms with Crippen molar-refractivity contribution in [2.45, 2.75) is 19.9 Å². The third-order valence-electron chi connectivity index (χ3n) is 7.45. The monoisotopic (exact) mass is 547 g/mol. The van der Waals surface area contributed by atoms with Gasteiger partial charge < -0.3 is 14.5 Å². The maximum Gasteiger partial charge on any atom is 0.347 e. The lowest BCUT2D eigenvalue weighted by Crippen LogP contribution is -2.48. The van der Waals surface area contributed by atoms with Gasteiger partial charge in [-0.1, -0.05) is 102 Å². The highest BCUT2D eigenvalue weighted by Gasteiger charge is 2.26. The van der Waals surface area contributed by atoms with E-state index in [4.69, 9.17) is 9.57 Å². The van der Waals surface area contributed by atoms with E-state index in [2.05, 4.69) is 112 Å². The first-order valence-electron chi connectivity index (χ1n) is 14.2. The quantitative estimate of drug-likeness (QED) is 0.128. The standard InChI is InChI=1S/C35H37N3O3/c1-3-40-34(39)26-41-36-27(2)28-17-19-29(20-18-28)32-15-10-16-33(25-32)37-21-23-38(24-22-37)35(30-11-6-4-7-12-30)31-13-8-5-9-14-31/h4-20,25,35H,3,21-24,26H2,1-2H3. The second-order valence-electron chi connectivity index (χ2n) is 10.1. The Labute approximate surface area is 242 Å². The molecule has 41 heavy (non-hydrogen) atoms. The molecule has 0 spiro atoms. The molecule has 0 atom stereocenters. The van der Waals surface area contributed by atoms with Crippen molar-refractivity contribution in [2.24, 2.45) is 5.16 Å². The van der Waals surface area contributed by atoms with Crippen LogP contribution in [0.25, 0.3) is 11.1 Å².